The number of hydrogen-bond donors (Lipinski definition) is 3. The summed E-state index contributed by atoms with van der Waals surface area (Å²) in [6, 6.07) is 0. The topological polar surface area (TPSA) is 87.0 Å². The van der Waals surface area contributed by atoms with Crippen LogP contribution in [0.2, 0.25) is 0 Å². The van der Waals surface area contributed by atoms with Crippen molar-refractivity contribution in [3.05, 3.63) is 0 Å². The van der Waals surface area contributed by atoms with Crippen molar-refractivity contribution < 1.29 is 24.9 Å². The number of carbonyl (C=O) groups is 1. The lowest BCUT2D eigenvalue weighted by Crippen LogP contribution is -2.65. The van der Waals surface area contributed by atoms with Gasteiger partial charge < -0.3 is 20.1 Å². The zero-order valence-electron chi connectivity index (χ0n) is 18.2. The molecule has 5 heteroatoms. The first kappa shape index (κ1) is 19.6. The van der Waals surface area contributed by atoms with Gasteiger partial charge in [0.1, 0.15) is 5.60 Å². The van der Waals surface area contributed by atoms with Gasteiger partial charge in [-0.1, -0.05) is 19.8 Å². The zero-order valence-corrected chi connectivity index (χ0v) is 18.2. The zero-order chi connectivity index (χ0) is 21.3. The van der Waals surface area contributed by atoms with Crippen molar-refractivity contribution >= 4 is 5.97 Å². The lowest BCUT2D eigenvalue weighted by molar-refractivity contribution is -0.233. The van der Waals surface area contributed by atoms with E-state index in [0.29, 0.717) is 36.0 Å². The number of esters is 1. The van der Waals surface area contributed by atoms with E-state index in [1.54, 1.807) is 0 Å². The first-order chi connectivity index (χ1) is 14.1. The van der Waals surface area contributed by atoms with Crippen molar-refractivity contribution in [2.24, 2.45) is 52.3 Å². The van der Waals surface area contributed by atoms with Crippen LogP contribution in [-0.4, -0.2) is 45.7 Å². The summed E-state index contributed by atoms with van der Waals surface area (Å²) >= 11 is 0. The largest absolute Gasteiger partial charge is 0.459 e. The number of aliphatic hydroxyl groups excluding tert-OH is 1. The Bertz CT molecular complexity index is 875. The van der Waals surface area contributed by atoms with E-state index in [1.165, 1.54) is 7.11 Å². The van der Waals surface area contributed by atoms with Gasteiger partial charge in [0, 0.05) is 23.7 Å². The molecule has 5 nitrogen and oxygen atoms in total. The first-order valence-corrected chi connectivity index (χ1v) is 11.8. The highest BCUT2D eigenvalue weighted by Gasteiger charge is 2.81. The van der Waals surface area contributed by atoms with Crippen molar-refractivity contribution in [2.45, 2.75) is 76.1 Å². The van der Waals surface area contributed by atoms with E-state index in [2.05, 4.69) is 25.7 Å². The second-order valence-corrected chi connectivity index (χ2v) is 11.9. The SMILES string of the molecule is COC(=O)C#CC1(O)[C@H]2C[C@H]2[C@@H]2[C@@H]3[C@H]4C[C@H]4[C@]4(O)C[C@@H](O)CC[C@]4(C)[C@@H]3CC[C@@]21C. The molecule has 6 aliphatic carbocycles. The molecule has 0 aliphatic heterocycles. The normalized spacial score (nSPS) is 61.8. The molecule has 3 N–H and O–H groups in total. The van der Waals surface area contributed by atoms with Crippen LogP contribution in [0.25, 0.3) is 0 Å². The minimum absolute atomic E-state index is 0.154. The molecule has 0 aromatic rings. The second kappa shape index (κ2) is 5.63. The number of hydrogen-bond acceptors (Lipinski definition) is 5. The Morgan fingerprint density at radius 1 is 1.00 bits per heavy atom. The highest BCUT2D eigenvalue weighted by Crippen LogP contribution is 2.81. The fraction of sp³-hybridized carbons (Fsp3) is 0.880. The summed E-state index contributed by atoms with van der Waals surface area (Å²) in [7, 11) is 1.32. The number of ether oxygens (including phenoxy) is 1. The molecule has 0 aromatic carbocycles. The number of aliphatic hydroxyl groups is 3. The molecule has 6 aliphatic rings. The van der Waals surface area contributed by atoms with Crippen LogP contribution in [0, 0.1) is 64.1 Å². The maximum atomic E-state index is 11.8. The summed E-state index contributed by atoms with van der Waals surface area (Å²) in [6.07, 6.45) is 5.72. The van der Waals surface area contributed by atoms with E-state index in [1.807, 2.05) is 0 Å². The average Bonchev–Trinajstić information content (AvgIpc) is 3.60. The molecular formula is C25H34O5. The monoisotopic (exact) mass is 414 g/mol. The number of fused-ring (bicyclic) bond motifs is 10. The van der Waals surface area contributed by atoms with Crippen LogP contribution in [0.4, 0.5) is 0 Å². The van der Waals surface area contributed by atoms with Gasteiger partial charge in [-0.05, 0) is 79.4 Å². The Morgan fingerprint density at radius 3 is 2.43 bits per heavy atom. The molecule has 0 bridgehead atoms. The summed E-state index contributed by atoms with van der Waals surface area (Å²) in [5.74, 6) is 7.74. The Balaban J connectivity index is 1.39. The Morgan fingerprint density at radius 2 is 1.70 bits per heavy atom. The molecule has 0 amide bonds. The maximum Gasteiger partial charge on any atom is 0.384 e. The number of methoxy groups -OCH3 is 1. The third-order valence-corrected chi connectivity index (χ3v) is 11.1. The predicted molar refractivity (Wildman–Crippen MR) is 109 cm³/mol. The van der Waals surface area contributed by atoms with Gasteiger partial charge in [0.15, 0.2) is 0 Å². The lowest BCUT2D eigenvalue weighted by atomic mass is 9.42. The molecule has 30 heavy (non-hydrogen) atoms. The molecule has 0 saturated heterocycles. The fourth-order valence-corrected chi connectivity index (χ4v) is 9.60. The van der Waals surface area contributed by atoms with Gasteiger partial charge in [-0.15, -0.1) is 0 Å². The standard InChI is InChI=1S/C25H34O5/c1-22-7-4-13(26)12-25(22,29)17-10-14(17)20-16(22)5-8-23(2)21(20)15-11-18(15)24(23,28)9-6-19(27)30-3/h13-18,20-21,26,28-29H,4-5,7-8,10-12H2,1-3H3/t13-,14-,15+,16+,17+,18-,20+,21+,22+,23-,24?,25+/m0/s1. The van der Waals surface area contributed by atoms with Crippen molar-refractivity contribution in [3.63, 3.8) is 0 Å². The smallest absolute Gasteiger partial charge is 0.384 e. The van der Waals surface area contributed by atoms with E-state index < -0.39 is 17.2 Å². The highest BCUT2D eigenvalue weighted by atomic mass is 16.5. The molecular weight excluding hydrogens is 380 g/mol. The molecule has 12 atom stereocenters. The molecule has 0 heterocycles. The minimum atomic E-state index is -1.12. The van der Waals surface area contributed by atoms with E-state index in [4.69, 9.17) is 4.74 Å². The van der Waals surface area contributed by atoms with Gasteiger partial charge in [0.05, 0.1) is 18.8 Å². The second-order valence-electron chi connectivity index (χ2n) is 11.9. The number of carbonyl (C=O) groups excluding carboxylic acids is 1. The summed E-state index contributed by atoms with van der Waals surface area (Å²) in [6.45, 7) is 4.49. The third-order valence-electron chi connectivity index (χ3n) is 11.1. The summed E-state index contributed by atoms with van der Waals surface area (Å²) < 4.78 is 4.70. The Hall–Kier alpha value is -1.09. The summed E-state index contributed by atoms with van der Waals surface area (Å²) in [5, 5.41) is 34.0. The average molecular weight is 415 g/mol. The van der Waals surface area contributed by atoms with E-state index in [9.17, 15) is 20.1 Å². The number of rotatable bonds is 0. The van der Waals surface area contributed by atoms with E-state index in [-0.39, 0.29) is 28.8 Å². The molecule has 0 aromatic heterocycles. The van der Waals surface area contributed by atoms with Gasteiger partial charge in [-0.2, -0.15) is 0 Å². The lowest BCUT2D eigenvalue weighted by Gasteiger charge is -2.64. The van der Waals surface area contributed by atoms with Crippen LogP contribution >= 0.6 is 0 Å². The van der Waals surface area contributed by atoms with Crippen molar-refractivity contribution in [2.75, 3.05) is 7.11 Å². The Kier molecular flexibility index (Phi) is 3.68. The Labute approximate surface area is 178 Å². The van der Waals surface area contributed by atoms with E-state index in [0.717, 1.165) is 38.5 Å². The predicted octanol–water partition coefficient (Wildman–Crippen LogP) is 2.12. The van der Waals surface area contributed by atoms with Crippen molar-refractivity contribution in [1.29, 1.82) is 0 Å². The molecule has 1 unspecified atom stereocenters. The molecule has 6 fully saturated rings. The van der Waals surface area contributed by atoms with Crippen LogP contribution in [0.15, 0.2) is 0 Å². The van der Waals surface area contributed by atoms with Crippen LogP contribution < -0.4 is 0 Å². The third kappa shape index (κ3) is 2.05. The molecule has 0 spiro atoms. The van der Waals surface area contributed by atoms with Crippen LogP contribution in [-0.2, 0) is 9.53 Å². The maximum absolute atomic E-state index is 11.8. The van der Waals surface area contributed by atoms with E-state index >= 15 is 0 Å². The van der Waals surface area contributed by atoms with Crippen molar-refractivity contribution in [3.8, 4) is 11.8 Å². The van der Waals surface area contributed by atoms with Crippen molar-refractivity contribution in [1.82, 2.24) is 0 Å². The van der Waals surface area contributed by atoms with Gasteiger partial charge in [-0.3, -0.25) is 0 Å². The van der Waals surface area contributed by atoms with Gasteiger partial charge in [0.2, 0.25) is 0 Å². The van der Waals surface area contributed by atoms with Gasteiger partial charge in [-0.25, -0.2) is 4.79 Å². The van der Waals surface area contributed by atoms with Crippen LogP contribution in [0.1, 0.15) is 58.8 Å². The van der Waals surface area contributed by atoms with Gasteiger partial charge >= 0.3 is 5.97 Å². The quantitative estimate of drug-likeness (QED) is 0.321. The fourth-order valence-electron chi connectivity index (χ4n) is 9.60. The van der Waals surface area contributed by atoms with Crippen LogP contribution in [0.5, 0.6) is 0 Å². The summed E-state index contributed by atoms with van der Waals surface area (Å²) in [4.78, 5) is 11.7. The highest BCUT2D eigenvalue weighted by molar-refractivity contribution is 5.88. The van der Waals surface area contributed by atoms with Crippen LogP contribution in [0.3, 0.4) is 0 Å². The molecule has 164 valence electrons. The van der Waals surface area contributed by atoms with Gasteiger partial charge in [0.25, 0.3) is 0 Å². The first-order valence-electron chi connectivity index (χ1n) is 11.8. The molecule has 6 rings (SSSR count). The minimum Gasteiger partial charge on any atom is -0.459 e. The summed E-state index contributed by atoms with van der Waals surface area (Å²) in [5.41, 5.74) is -2.33. The molecule has 6 saturated carbocycles. The molecule has 0 radical (unpaired) electrons.